The molecule has 2 aromatic rings. The summed E-state index contributed by atoms with van der Waals surface area (Å²) in [7, 11) is 0. The molecule has 0 spiro atoms. The monoisotopic (exact) mass is 503 g/mol. The Labute approximate surface area is 211 Å². The molecule has 2 heterocycles. The van der Waals surface area contributed by atoms with Crippen molar-refractivity contribution in [3.63, 3.8) is 0 Å². The SMILES string of the molecule is CCCC(=O)N1CCN(c2cc(Cl)nc(SCC(=O)NC(C)CCc3ccccc3)n2)CC1C. The van der Waals surface area contributed by atoms with Gasteiger partial charge in [-0.25, -0.2) is 9.97 Å². The predicted octanol–water partition coefficient (Wildman–Crippen LogP) is 4.20. The van der Waals surface area contributed by atoms with Gasteiger partial charge >= 0.3 is 0 Å². The number of amides is 2. The molecule has 34 heavy (non-hydrogen) atoms. The third-order valence-electron chi connectivity index (χ3n) is 5.85. The van der Waals surface area contributed by atoms with Crippen molar-refractivity contribution in [2.45, 2.75) is 63.7 Å². The van der Waals surface area contributed by atoms with Gasteiger partial charge in [0.1, 0.15) is 11.0 Å². The van der Waals surface area contributed by atoms with Crippen molar-refractivity contribution in [2.24, 2.45) is 0 Å². The van der Waals surface area contributed by atoms with E-state index in [9.17, 15) is 9.59 Å². The number of piperazine rings is 1. The molecule has 1 N–H and O–H groups in total. The second-order valence-electron chi connectivity index (χ2n) is 8.75. The molecule has 1 aliphatic rings. The van der Waals surface area contributed by atoms with Crippen molar-refractivity contribution in [3.05, 3.63) is 47.1 Å². The largest absolute Gasteiger partial charge is 0.353 e. The molecular weight excluding hydrogens is 470 g/mol. The van der Waals surface area contributed by atoms with Crippen LogP contribution in [-0.4, -0.2) is 64.2 Å². The van der Waals surface area contributed by atoms with E-state index < -0.39 is 0 Å². The van der Waals surface area contributed by atoms with Crippen LogP contribution in [0.25, 0.3) is 0 Å². The van der Waals surface area contributed by atoms with Crippen LogP contribution in [0.3, 0.4) is 0 Å². The number of nitrogens with one attached hydrogen (secondary N) is 1. The van der Waals surface area contributed by atoms with Crippen LogP contribution in [0.1, 0.15) is 45.6 Å². The number of anilines is 1. The number of rotatable bonds is 10. The van der Waals surface area contributed by atoms with Crippen molar-refractivity contribution in [1.82, 2.24) is 20.2 Å². The van der Waals surface area contributed by atoms with E-state index in [0.29, 0.717) is 36.4 Å². The van der Waals surface area contributed by atoms with Gasteiger partial charge in [-0.3, -0.25) is 9.59 Å². The highest BCUT2D eigenvalue weighted by Crippen LogP contribution is 2.24. The summed E-state index contributed by atoms with van der Waals surface area (Å²) in [6.07, 6.45) is 3.24. The summed E-state index contributed by atoms with van der Waals surface area (Å²) in [5, 5.41) is 3.88. The molecule has 1 aromatic heterocycles. The van der Waals surface area contributed by atoms with E-state index in [0.717, 1.165) is 25.1 Å². The van der Waals surface area contributed by atoms with Crippen molar-refractivity contribution in [3.8, 4) is 0 Å². The minimum absolute atomic E-state index is 0.0487. The van der Waals surface area contributed by atoms with Gasteiger partial charge in [0.05, 0.1) is 5.75 Å². The lowest BCUT2D eigenvalue weighted by Gasteiger charge is -2.40. The molecule has 9 heteroatoms. The summed E-state index contributed by atoms with van der Waals surface area (Å²) in [5.74, 6) is 1.11. The third kappa shape index (κ3) is 7.87. The first kappa shape index (κ1) is 26.3. The summed E-state index contributed by atoms with van der Waals surface area (Å²) in [5.41, 5.74) is 1.27. The smallest absolute Gasteiger partial charge is 0.230 e. The van der Waals surface area contributed by atoms with Crippen molar-refractivity contribution in [1.29, 1.82) is 0 Å². The fourth-order valence-electron chi connectivity index (χ4n) is 4.05. The number of thioether (sulfide) groups is 1. The molecule has 0 bridgehead atoms. The van der Waals surface area contributed by atoms with Crippen LogP contribution in [0.4, 0.5) is 5.82 Å². The predicted molar refractivity (Wildman–Crippen MR) is 138 cm³/mol. The minimum atomic E-state index is -0.0487. The molecule has 3 rings (SSSR count). The third-order valence-corrected chi connectivity index (χ3v) is 6.89. The molecule has 1 aliphatic heterocycles. The minimum Gasteiger partial charge on any atom is -0.353 e. The van der Waals surface area contributed by atoms with Gasteiger partial charge in [0.2, 0.25) is 11.8 Å². The zero-order valence-electron chi connectivity index (χ0n) is 20.2. The zero-order chi connectivity index (χ0) is 24.5. The van der Waals surface area contributed by atoms with Gasteiger partial charge in [-0.15, -0.1) is 0 Å². The van der Waals surface area contributed by atoms with Crippen LogP contribution >= 0.6 is 23.4 Å². The van der Waals surface area contributed by atoms with Crippen LogP contribution in [0.5, 0.6) is 0 Å². The first-order valence-corrected chi connectivity index (χ1v) is 13.3. The average molecular weight is 504 g/mol. The normalized spacial score (nSPS) is 16.9. The number of carbonyl (C=O) groups is 2. The van der Waals surface area contributed by atoms with Gasteiger partial charge < -0.3 is 15.1 Å². The maximum absolute atomic E-state index is 12.4. The number of benzene rings is 1. The van der Waals surface area contributed by atoms with Crippen LogP contribution in [0, 0.1) is 0 Å². The topological polar surface area (TPSA) is 78.4 Å². The number of nitrogens with zero attached hydrogens (tertiary/aromatic N) is 4. The molecule has 0 saturated carbocycles. The van der Waals surface area contributed by atoms with E-state index in [2.05, 4.69) is 39.2 Å². The standard InChI is InChI=1S/C25H34ClN5O2S/c1-4-8-24(33)31-14-13-30(16-19(31)3)22-15-21(26)28-25(29-22)34-17-23(32)27-18(2)11-12-20-9-6-5-7-10-20/h5-7,9-10,15,18-19H,4,8,11-14,16-17H2,1-3H3,(H,27,32). The first-order chi connectivity index (χ1) is 16.4. The van der Waals surface area contributed by atoms with E-state index in [1.165, 1.54) is 17.3 Å². The van der Waals surface area contributed by atoms with E-state index in [1.54, 1.807) is 6.07 Å². The molecule has 0 aliphatic carbocycles. The average Bonchev–Trinajstić information content (AvgIpc) is 2.82. The van der Waals surface area contributed by atoms with Crippen molar-refractivity contribution < 1.29 is 9.59 Å². The summed E-state index contributed by atoms with van der Waals surface area (Å²) in [4.78, 5) is 37.8. The summed E-state index contributed by atoms with van der Waals surface area (Å²) in [6.45, 7) is 8.13. The number of hydrogen-bond acceptors (Lipinski definition) is 6. The molecule has 2 amide bonds. The van der Waals surface area contributed by atoms with Crippen molar-refractivity contribution >= 4 is 41.0 Å². The Hall–Kier alpha value is -2.32. The summed E-state index contributed by atoms with van der Waals surface area (Å²) < 4.78 is 0. The molecule has 184 valence electrons. The van der Waals surface area contributed by atoms with Crippen molar-refractivity contribution in [2.75, 3.05) is 30.3 Å². The highest BCUT2D eigenvalue weighted by Gasteiger charge is 2.28. The van der Waals surface area contributed by atoms with Gasteiger partial charge in [-0.2, -0.15) is 0 Å². The number of aryl methyl sites for hydroxylation is 1. The van der Waals surface area contributed by atoms with Gasteiger partial charge in [0, 0.05) is 44.2 Å². The fraction of sp³-hybridized carbons (Fsp3) is 0.520. The van der Waals surface area contributed by atoms with E-state index >= 15 is 0 Å². The number of halogens is 1. The van der Waals surface area contributed by atoms with Gasteiger partial charge in [-0.05, 0) is 38.7 Å². The number of aromatic nitrogens is 2. The second kappa shape index (κ2) is 13.0. The summed E-state index contributed by atoms with van der Waals surface area (Å²) >= 11 is 7.55. The molecule has 2 unspecified atom stereocenters. The summed E-state index contributed by atoms with van der Waals surface area (Å²) in [6, 6.07) is 12.2. The molecule has 1 saturated heterocycles. The van der Waals surface area contributed by atoms with Gasteiger partial charge in [0.15, 0.2) is 5.16 Å². The molecule has 7 nitrogen and oxygen atoms in total. The van der Waals surface area contributed by atoms with Crippen LogP contribution in [0.15, 0.2) is 41.6 Å². The number of hydrogen-bond donors (Lipinski definition) is 1. The van der Waals surface area contributed by atoms with E-state index in [1.807, 2.05) is 36.9 Å². The second-order valence-corrected chi connectivity index (χ2v) is 10.1. The molecule has 1 aromatic carbocycles. The molecule has 2 atom stereocenters. The van der Waals surface area contributed by atoms with E-state index in [-0.39, 0.29) is 29.7 Å². The Morgan fingerprint density at radius 1 is 1.24 bits per heavy atom. The van der Waals surface area contributed by atoms with Gasteiger partial charge in [-0.1, -0.05) is 60.6 Å². The lowest BCUT2D eigenvalue weighted by molar-refractivity contribution is -0.133. The van der Waals surface area contributed by atoms with Crippen LogP contribution in [-0.2, 0) is 16.0 Å². The lowest BCUT2D eigenvalue weighted by Crippen LogP contribution is -2.54. The quantitative estimate of drug-likeness (QED) is 0.297. The Morgan fingerprint density at radius 2 is 2.00 bits per heavy atom. The Bertz CT molecular complexity index is 962. The highest BCUT2D eigenvalue weighted by atomic mass is 35.5. The lowest BCUT2D eigenvalue weighted by atomic mass is 10.1. The maximum atomic E-state index is 12.4. The van der Waals surface area contributed by atoms with E-state index in [4.69, 9.17) is 11.6 Å². The Balaban J connectivity index is 1.50. The Kier molecular flexibility index (Phi) is 10.0. The van der Waals surface area contributed by atoms with Crippen LogP contribution in [0.2, 0.25) is 5.15 Å². The van der Waals surface area contributed by atoms with Gasteiger partial charge in [0.25, 0.3) is 0 Å². The highest BCUT2D eigenvalue weighted by molar-refractivity contribution is 7.99. The molecular formula is C25H34ClN5O2S. The molecule has 0 radical (unpaired) electrons. The number of carbonyl (C=O) groups excluding carboxylic acids is 2. The first-order valence-electron chi connectivity index (χ1n) is 11.9. The maximum Gasteiger partial charge on any atom is 0.230 e. The Morgan fingerprint density at radius 3 is 2.71 bits per heavy atom. The van der Waals surface area contributed by atoms with Crippen LogP contribution < -0.4 is 10.2 Å². The zero-order valence-corrected chi connectivity index (χ0v) is 21.7. The molecule has 1 fully saturated rings. The fourth-order valence-corrected chi connectivity index (χ4v) is 4.94.